The highest BCUT2D eigenvalue weighted by molar-refractivity contribution is 5.94. The summed E-state index contributed by atoms with van der Waals surface area (Å²) in [5, 5.41) is 0. The molecular weight excluding hydrogens is 336 g/mol. The highest BCUT2D eigenvalue weighted by atomic mass is 35.5. The number of carbonyl (C=O) groups excluding carboxylic acids is 1. The van der Waals surface area contributed by atoms with E-state index in [1.54, 1.807) is 24.1 Å². The third kappa shape index (κ3) is 6.40. The van der Waals surface area contributed by atoms with Crippen LogP contribution in [0, 0.1) is 5.41 Å². The number of benzene rings is 2. The number of hydrogen-bond donors (Lipinski definition) is 1. The highest BCUT2D eigenvalue weighted by Crippen LogP contribution is 2.18. The van der Waals surface area contributed by atoms with E-state index in [-0.39, 0.29) is 23.7 Å². The van der Waals surface area contributed by atoms with E-state index in [4.69, 9.17) is 10.5 Å². The summed E-state index contributed by atoms with van der Waals surface area (Å²) in [5.74, 6) is 0.742. The molecule has 2 rings (SSSR count). The molecule has 0 fully saturated rings. The van der Waals surface area contributed by atoms with Gasteiger partial charge in [-0.2, -0.15) is 0 Å². The van der Waals surface area contributed by atoms with Crippen LogP contribution in [-0.2, 0) is 6.61 Å². The Morgan fingerprint density at radius 2 is 1.68 bits per heavy atom. The minimum atomic E-state index is -0.0941. The zero-order valence-corrected chi connectivity index (χ0v) is 15.9. The van der Waals surface area contributed by atoms with Crippen LogP contribution in [0.1, 0.15) is 29.8 Å². The van der Waals surface area contributed by atoms with Gasteiger partial charge in [0.15, 0.2) is 0 Å². The van der Waals surface area contributed by atoms with Crippen LogP contribution in [0.2, 0.25) is 0 Å². The summed E-state index contributed by atoms with van der Waals surface area (Å²) < 4.78 is 5.74. The van der Waals surface area contributed by atoms with Crippen LogP contribution in [0.3, 0.4) is 0 Å². The van der Waals surface area contributed by atoms with Crippen molar-refractivity contribution in [3.63, 3.8) is 0 Å². The second-order valence-electron chi connectivity index (χ2n) is 6.83. The molecular formula is C20H27ClN2O2. The molecule has 0 aliphatic heterocycles. The van der Waals surface area contributed by atoms with E-state index in [0.717, 1.165) is 11.3 Å². The highest BCUT2D eigenvalue weighted by Gasteiger charge is 2.21. The molecule has 0 heterocycles. The number of amides is 1. The maximum atomic E-state index is 12.5. The molecule has 2 aromatic carbocycles. The average Bonchev–Trinajstić information content (AvgIpc) is 2.60. The quantitative estimate of drug-likeness (QED) is 0.816. The molecule has 0 bridgehead atoms. The van der Waals surface area contributed by atoms with Crippen molar-refractivity contribution in [3.8, 4) is 5.75 Å². The Morgan fingerprint density at radius 3 is 2.24 bits per heavy atom. The van der Waals surface area contributed by atoms with Gasteiger partial charge < -0.3 is 15.4 Å². The fourth-order valence-corrected chi connectivity index (χ4v) is 2.43. The van der Waals surface area contributed by atoms with Gasteiger partial charge in [0.05, 0.1) is 0 Å². The minimum absolute atomic E-state index is 0. The summed E-state index contributed by atoms with van der Waals surface area (Å²) in [4.78, 5) is 14.2. The molecule has 25 heavy (non-hydrogen) atoms. The van der Waals surface area contributed by atoms with Crippen molar-refractivity contribution >= 4 is 18.3 Å². The van der Waals surface area contributed by atoms with Crippen LogP contribution in [-0.4, -0.2) is 30.9 Å². The summed E-state index contributed by atoms with van der Waals surface area (Å²) >= 11 is 0. The lowest BCUT2D eigenvalue weighted by Crippen LogP contribution is -2.39. The number of nitrogens with two attached hydrogens (primary N) is 1. The summed E-state index contributed by atoms with van der Waals surface area (Å²) in [6, 6.07) is 17.3. The maximum Gasteiger partial charge on any atom is 0.253 e. The summed E-state index contributed by atoms with van der Waals surface area (Å²) in [5.41, 5.74) is 7.41. The van der Waals surface area contributed by atoms with Crippen molar-refractivity contribution in [1.82, 2.24) is 4.90 Å². The third-order valence-electron chi connectivity index (χ3n) is 3.91. The smallest absolute Gasteiger partial charge is 0.253 e. The Labute approximate surface area is 156 Å². The van der Waals surface area contributed by atoms with E-state index < -0.39 is 0 Å². The average molecular weight is 363 g/mol. The Balaban J connectivity index is 0.00000312. The molecule has 0 aromatic heterocycles. The molecule has 1 amide bonds. The first-order valence-electron chi connectivity index (χ1n) is 8.13. The second-order valence-corrected chi connectivity index (χ2v) is 6.83. The summed E-state index contributed by atoms with van der Waals surface area (Å²) in [7, 11) is 1.81. The van der Waals surface area contributed by atoms with Crippen molar-refractivity contribution in [2.24, 2.45) is 11.1 Å². The van der Waals surface area contributed by atoms with Gasteiger partial charge in [-0.1, -0.05) is 44.2 Å². The number of nitrogens with zero attached hydrogens (tertiary/aromatic N) is 1. The van der Waals surface area contributed by atoms with E-state index in [9.17, 15) is 4.79 Å². The largest absolute Gasteiger partial charge is 0.489 e. The Morgan fingerprint density at radius 1 is 1.08 bits per heavy atom. The van der Waals surface area contributed by atoms with Gasteiger partial charge in [0, 0.05) is 19.2 Å². The number of rotatable bonds is 7. The zero-order valence-electron chi connectivity index (χ0n) is 15.1. The molecule has 136 valence electrons. The SMILES string of the molecule is CN(CC(C)(C)CN)C(=O)c1ccc(OCc2ccccc2)cc1.Cl. The van der Waals surface area contributed by atoms with E-state index >= 15 is 0 Å². The fraction of sp³-hybridized carbons (Fsp3) is 0.350. The molecule has 2 N–H and O–H groups in total. The van der Waals surface area contributed by atoms with Crippen LogP contribution in [0.5, 0.6) is 5.75 Å². The van der Waals surface area contributed by atoms with E-state index in [0.29, 0.717) is 25.3 Å². The normalized spacial score (nSPS) is 10.7. The molecule has 0 radical (unpaired) electrons. The molecule has 0 atom stereocenters. The molecule has 4 nitrogen and oxygen atoms in total. The lowest BCUT2D eigenvalue weighted by atomic mass is 9.93. The van der Waals surface area contributed by atoms with Crippen molar-refractivity contribution in [2.75, 3.05) is 20.1 Å². The van der Waals surface area contributed by atoms with Gasteiger partial charge in [-0.3, -0.25) is 4.79 Å². The summed E-state index contributed by atoms with van der Waals surface area (Å²) in [6.45, 7) is 5.78. The molecule has 0 saturated heterocycles. The molecule has 0 aliphatic carbocycles. The predicted molar refractivity (Wildman–Crippen MR) is 104 cm³/mol. The first-order chi connectivity index (χ1) is 11.4. The molecule has 0 saturated carbocycles. The van der Waals surface area contributed by atoms with Gasteiger partial charge in [-0.25, -0.2) is 0 Å². The molecule has 5 heteroatoms. The van der Waals surface area contributed by atoms with Crippen molar-refractivity contribution in [3.05, 3.63) is 65.7 Å². The zero-order chi connectivity index (χ0) is 17.6. The van der Waals surface area contributed by atoms with Gasteiger partial charge in [0.2, 0.25) is 0 Å². The first-order valence-corrected chi connectivity index (χ1v) is 8.13. The standard InChI is InChI=1S/C20H26N2O2.ClH/c1-20(2,14-21)15-22(3)19(23)17-9-11-18(12-10-17)24-13-16-7-5-4-6-8-16;/h4-12H,13-15,21H2,1-3H3;1H. The number of ether oxygens (including phenoxy) is 1. The van der Waals surface area contributed by atoms with Crippen molar-refractivity contribution in [2.45, 2.75) is 20.5 Å². The van der Waals surface area contributed by atoms with Crippen molar-refractivity contribution in [1.29, 1.82) is 0 Å². The van der Waals surface area contributed by atoms with Gasteiger partial charge in [-0.15, -0.1) is 12.4 Å². The fourth-order valence-electron chi connectivity index (χ4n) is 2.43. The van der Waals surface area contributed by atoms with Gasteiger partial charge in [0.1, 0.15) is 12.4 Å². The van der Waals surface area contributed by atoms with Gasteiger partial charge in [0.25, 0.3) is 5.91 Å². The number of carbonyl (C=O) groups is 1. The van der Waals surface area contributed by atoms with Gasteiger partial charge >= 0.3 is 0 Å². The third-order valence-corrected chi connectivity index (χ3v) is 3.91. The second kappa shape index (κ2) is 9.44. The van der Waals surface area contributed by atoms with E-state index in [1.807, 2.05) is 42.5 Å². The van der Waals surface area contributed by atoms with Crippen molar-refractivity contribution < 1.29 is 9.53 Å². The van der Waals surface area contributed by atoms with Crippen LogP contribution in [0.4, 0.5) is 0 Å². The topological polar surface area (TPSA) is 55.6 Å². The Hall–Kier alpha value is -2.04. The molecule has 0 unspecified atom stereocenters. The lowest BCUT2D eigenvalue weighted by molar-refractivity contribution is 0.0740. The Kier molecular flexibility index (Phi) is 7.94. The first kappa shape index (κ1) is 21.0. The van der Waals surface area contributed by atoms with Crippen LogP contribution >= 0.6 is 12.4 Å². The molecule has 0 aliphatic rings. The molecule has 0 spiro atoms. The number of hydrogen-bond acceptors (Lipinski definition) is 3. The van der Waals surface area contributed by atoms with Crippen LogP contribution < -0.4 is 10.5 Å². The summed E-state index contributed by atoms with van der Waals surface area (Å²) in [6.07, 6.45) is 0. The Bertz CT molecular complexity index is 657. The predicted octanol–water partition coefficient (Wildman–Crippen LogP) is 3.74. The van der Waals surface area contributed by atoms with Crippen LogP contribution in [0.25, 0.3) is 0 Å². The molecule has 2 aromatic rings. The van der Waals surface area contributed by atoms with E-state index in [2.05, 4.69) is 13.8 Å². The minimum Gasteiger partial charge on any atom is -0.489 e. The van der Waals surface area contributed by atoms with Gasteiger partial charge in [-0.05, 0) is 41.8 Å². The lowest BCUT2D eigenvalue weighted by Gasteiger charge is -2.29. The van der Waals surface area contributed by atoms with E-state index in [1.165, 1.54) is 0 Å². The maximum absolute atomic E-state index is 12.5. The van der Waals surface area contributed by atoms with Crippen LogP contribution in [0.15, 0.2) is 54.6 Å². The monoisotopic (exact) mass is 362 g/mol. The number of halogens is 1.